The Morgan fingerprint density at radius 3 is 2.12 bits per heavy atom. The Hall–Kier alpha value is -1.79. The van der Waals surface area contributed by atoms with Gasteiger partial charge in [0.15, 0.2) is 6.61 Å². The molecular weight excluding hydrogens is 630 g/mol. The third kappa shape index (κ3) is 4.74. The average Bonchev–Trinajstić information content (AvgIpc) is 3.40. The molecule has 1 aromatic carbocycles. The van der Waals surface area contributed by atoms with E-state index in [0.29, 0.717) is 5.56 Å². The number of nitrogens with one attached hydrogen (secondary N) is 2. The summed E-state index contributed by atoms with van der Waals surface area (Å²) in [6.07, 6.45) is 0.627. The summed E-state index contributed by atoms with van der Waals surface area (Å²) < 4.78 is 5.71. The number of alkyl halides is 2. The van der Waals surface area contributed by atoms with Crippen molar-refractivity contribution in [2.24, 2.45) is 23.7 Å². The molecule has 1 heterocycles. The third-order valence-electron chi connectivity index (χ3n) is 6.40. The highest BCUT2D eigenvalue weighted by atomic mass is 79.9. The van der Waals surface area contributed by atoms with Crippen LogP contribution in [0.4, 0.5) is 0 Å². The number of carbonyl (C=O) groups is 5. The summed E-state index contributed by atoms with van der Waals surface area (Å²) in [6.45, 7) is -0.682. The number of hydrogen-bond donors (Lipinski definition) is 2. The lowest BCUT2D eigenvalue weighted by Gasteiger charge is -2.28. The summed E-state index contributed by atoms with van der Waals surface area (Å²) in [6, 6.07) is 6.51. The van der Waals surface area contributed by atoms with Gasteiger partial charge in [0.2, 0.25) is 11.8 Å². The molecule has 33 heavy (non-hydrogen) atoms. The van der Waals surface area contributed by atoms with Crippen molar-refractivity contribution in [3.8, 4) is 0 Å². The number of nitrogens with zero attached hydrogens (tertiary/aromatic N) is 1. The van der Waals surface area contributed by atoms with Crippen molar-refractivity contribution in [3.05, 3.63) is 34.3 Å². The number of benzene rings is 1. The van der Waals surface area contributed by atoms with E-state index in [-0.39, 0.29) is 58.1 Å². The van der Waals surface area contributed by atoms with E-state index in [9.17, 15) is 24.0 Å². The van der Waals surface area contributed by atoms with Crippen LogP contribution < -0.4 is 10.9 Å². The highest BCUT2D eigenvalue weighted by Gasteiger charge is 2.66. The van der Waals surface area contributed by atoms with Crippen molar-refractivity contribution < 1.29 is 28.7 Å². The smallest absolute Gasteiger partial charge is 0.308 e. The maximum Gasteiger partial charge on any atom is 0.308 e. The number of imide groups is 1. The molecule has 2 saturated carbocycles. The Morgan fingerprint density at radius 1 is 0.970 bits per heavy atom. The molecule has 2 N–H and O–H groups in total. The number of likely N-dealkylation sites (tertiary alicyclic amines) is 1. The van der Waals surface area contributed by atoms with E-state index in [1.807, 2.05) is 0 Å². The highest BCUT2D eigenvalue weighted by molar-refractivity contribution is 9.12. The topological polar surface area (TPSA) is 122 Å². The lowest BCUT2D eigenvalue weighted by Crippen LogP contribution is -2.43. The molecule has 1 aromatic rings. The minimum atomic E-state index is -0.722. The zero-order chi connectivity index (χ0) is 23.9. The van der Waals surface area contributed by atoms with Crippen molar-refractivity contribution in [2.75, 3.05) is 13.2 Å². The molecule has 0 spiro atoms. The number of hydrazine groups is 1. The molecule has 0 radical (unpaired) electrons. The van der Waals surface area contributed by atoms with Crippen molar-refractivity contribution in [2.45, 2.75) is 22.5 Å². The van der Waals surface area contributed by atoms with Gasteiger partial charge in [-0.1, -0.05) is 47.8 Å². The minimum Gasteiger partial charge on any atom is -0.455 e. The van der Waals surface area contributed by atoms with Crippen LogP contribution in [0.5, 0.6) is 0 Å². The van der Waals surface area contributed by atoms with E-state index in [0.717, 1.165) is 15.8 Å². The Labute approximate surface area is 214 Å². The van der Waals surface area contributed by atoms with E-state index >= 15 is 0 Å². The van der Waals surface area contributed by atoms with Crippen LogP contribution in [0.2, 0.25) is 0 Å². The molecule has 0 aromatic heterocycles. The Bertz CT molecular complexity index is 971. The monoisotopic (exact) mass is 647 g/mol. The number of rotatable bonds is 6. The maximum atomic E-state index is 12.8. The molecule has 0 unspecified atom stereocenters. The van der Waals surface area contributed by atoms with Gasteiger partial charge in [0.25, 0.3) is 11.8 Å². The first kappa shape index (κ1) is 24.3. The van der Waals surface area contributed by atoms with Crippen LogP contribution in [0.25, 0.3) is 0 Å². The molecule has 1 aliphatic heterocycles. The predicted molar refractivity (Wildman–Crippen MR) is 126 cm³/mol. The van der Waals surface area contributed by atoms with Gasteiger partial charge in [-0.3, -0.25) is 39.7 Å². The van der Waals surface area contributed by atoms with Crippen molar-refractivity contribution in [1.29, 1.82) is 0 Å². The molecule has 6 atom stereocenters. The molecule has 4 rings (SSSR count). The van der Waals surface area contributed by atoms with Crippen LogP contribution in [-0.2, 0) is 23.9 Å². The summed E-state index contributed by atoms with van der Waals surface area (Å²) in [5, 5.41) is 0. The highest BCUT2D eigenvalue weighted by Crippen LogP contribution is 2.60. The van der Waals surface area contributed by atoms with Crippen LogP contribution >= 0.6 is 47.8 Å². The van der Waals surface area contributed by atoms with Gasteiger partial charge in [0, 0.05) is 26.2 Å². The molecule has 9 nitrogen and oxygen atoms in total. The van der Waals surface area contributed by atoms with Gasteiger partial charge in [-0.05, 0) is 42.5 Å². The molecule has 2 bridgehead atoms. The van der Waals surface area contributed by atoms with Crippen LogP contribution in [-0.4, -0.2) is 57.3 Å². The zero-order valence-electron chi connectivity index (χ0n) is 17.1. The van der Waals surface area contributed by atoms with Gasteiger partial charge in [0.1, 0.15) is 0 Å². The van der Waals surface area contributed by atoms with Crippen LogP contribution in [0, 0.1) is 23.7 Å². The van der Waals surface area contributed by atoms with Crippen molar-refractivity contribution in [1.82, 2.24) is 15.8 Å². The summed E-state index contributed by atoms with van der Waals surface area (Å²) in [5.74, 6) is -2.90. The van der Waals surface area contributed by atoms with E-state index in [2.05, 4.69) is 58.6 Å². The third-order valence-corrected chi connectivity index (χ3v) is 10.1. The molecule has 3 fully saturated rings. The lowest BCUT2D eigenvalue weighted by molar-refractivity contribution is -0.150. The normalized spacial score (nSPS) is 29.7. The predicted octanol–water partition coefficient (Wildman–Crippen LogP) is 1.92. The van der Waals surface area contributed by atoms with Gasteiger partial charge in [-0.15, -0.1) is 0 Å². The number of halogens is 3. The summed E-state index contributed by atoms with van der Waals surface area (Å²) in [5.41, 5.74) is 4.72. The fourth-order valence-corrected chi connectivity index (χ4v) is 7.03. The Morgan fingerprint density at radius 2 is 1.55 bits per heavy atom. The summed E-state index contributed by atoms with van der Waals surface area (Å²) in [4.78, 5) is 62.9. The fraction of sp³-hybridized carbons (Fsp3) is 0.476. The Balaban J connectivity index is 1.20. The molecular formula is C21H20Br3N3O6. The first-order valence-corrected chi connectivity index (χ1v) is 12.9. The number of ether oxygens (including phenoxy) is 1. The van der Waals surface area contributed by atoms with Gasteiger partial charge in [-0.25, -0.2) is 0 Å². The van der Waals surface area contributed by atoms with Crippen molar-refractivity contribution >= 4 is 77.4 Å². The average molecular weight is 650 g/mol. The standard InChI is InChI=1S/C21H20Br3N3O6/c22-10-3-1-9(2-4-10)19(30)26-25-13(28)8-33-14(29)5-6-27-20(31)15-11-7-12(16(15)21(27)32)18(24)17(11)23/h1-4,11-12,15-18H,5-8H2,(H,25,28)(H,26,30)/t11-,12-,15-,16-,17+,18+/m1/s1. The lowest BCUT2D eigenvalue weighted by atomic mass is 9.81. The molecule has 3 aliphatic rings. The second-order valence-corrected chi connectivity index (χ2v) is 11.3. The maximum absolute atomic E-state index is 12.8. The fourth-order valence-electron chi connectivity index (χ4n) is 4.89. The van der Waals surface area contributed by atoms with Gasteiger partial charge in [0.05, 0.1) is 18.3 Å². The minimum absolute atomic E-state index is 0.0786. The van der Waals surface area contributed by atoms with Gasteiger partial charge < -0.3 is 4.74 Å². The first-order valence-electron chi connectivity index (χ1n) is 10.3. The molecule has 176 valence electrons. The molecule has 4 amide bonds. The second kappa shape index (κ2) is 9.83. The molecule has 12 heteroatoms. The number of fused-ring (bicyclic) bond motifs is 5. The Kier molecular flexibility index (Phi) is 7.25. The first-order chi connectivity index (χ1) is 15.7. The van der Waals surface area contributed by atoms with E-state index in [1.54, 1.807) is 24.3 Å². The number of esters is 1. The quantitative estimate of drug-likeness (QED) is 0.210. The van der Waals surface area contributed by atoms with Crippen LogP contribution in [0.15, 0.2) is 28.7 Å². The molecule has 2 aliphatic carbocycles. The van der Waals surface area contributed by atoms with Crippen molar-refractivity contribution in [3.63, 3.8) is 0 Å². The van der Waals surface area contributed by atoms with Crippen LogP contribution in [0.1, 0.15) is 23.2 Å². The largest absolute Gasteiger partial charge is 0.455 e. The van der Waals surface area contributed by atoms with Gasteiger partial charge in [-0.2, -0.15) is 0 Å². The SMILES string of the molecule is O=C(COC(=O)CCN1C(=O)[C@@H]2[C@H]3C[C@@H]([C@H](Br)[C@H]3Br)[C@H]2C1=O)NNC(=O)c1ccc(Br)cc1. The van der Waals surface area contributed by atoms with E-state index in [1.165, 1.54) is 0 Å². The number of hydrogen-bond acceptors (Lipinski definition) is 6. The van der Waals surface area contributed by atoms with E-state index in [4.69, 9.17) is 4.74 Å². The summed E-state index contributed by atoms with van der Waals surface area (Å²) in [7, 11) is 0. The summed E-state index contributed by atoms with van der Waals surface area (Å²) >= 11 is 10.5. The van der Waals surface area contributed by atoms with E-state index < -0.39 is 24.4 Å². The number of amides is 4. The number of carbonyl (C=O) groups excluding carboxylic acids is 5. The zero-order valence-corrected chi connectivity index (χ0v) is 21.9. The molecule has 1 saturated heterocycles. The van der Waals surface area contributed by atoms with Crippen LogP contribution in [0.3, 0.4) is 0 Å². The van der Waals surface area contributed by atoms with Gasteiger partial charge >= 0.3 is 5.97 Å². The second-order valence-electron chi connectivity index (χ2n) is 8.25.